The molecule has 0 atom stereocenters. The fourth-order valence-electron chi connectivity index (χ4n) is 5.35. The summed E-state index contributed by atoms with van der Waals surface area (Å²) in [5.74, 6) is 0.300. The summed E-state index contributed by atoms with van der Waals surface area (Å²) in [6.45, 7) is 8.73. The zero-order valence-corrected chi connectivity index (χ0v) is 19.2. The van der Waals surface area contributed by atoms with Crippen molar-refractivity contribution in [1.82, 2.24) is 14.4 Å². The van der Waals surface area contributed by atoms with Crippen molar-refractivity contribution in [3.63, 3.8) is 0 Å². The maximum absolute atomic E-state index is 13.6. The first-order valence-corrected chi connectivity index (χ1v) is 12.2. The molecule has 4 nitrogen and oxygen atoms in total. The maximum Gasteiger partial charge on any atom is 0.270 e. The zero-order chi connectivity index (χ0) is 22.8. The molecule has 0 aliphatic carbocycles. The van der Waals surface area contributed by atoms with Crippen LogP contribution in [0.1, 0.15) is 48.2 Å². The van der Waals surface area contributed by atoms with E-state index in [9.17, 15) is 9.18 Å². The number of para-hydroxylation sites is 1. The van der Waals surface area contributed by atoms with Crippen LogP contribution in [-0.4, -0.2) is 46.5 Å². The van der Waals surface area contributed by atoms with Crippen molar-refractivity contribution in [2.45, 2.75) is 38.6 Å². The van der Waals surface area contributed by atoms with Gasteiger partial charge in [-0.25, -0.2) is 4.39 Å². The van der Waals surface area contributed by atoms with E-state index in [0.717, 1.165) is 55.5 Å². The number of aromatic nitrogens is 1. The van der Waals surface area contributed by atoms with E-state index in [1.165, 1.54) is 37.1 Å². The predicted molar refractivity (Wildman–Crippen MR) is 131 cm³/mol. The van der Waals surface area contributed by atoms with Gasteiger partial charge in [0.1, 0.15) is 11.5 Å². The summed E-state index contributed by atoms with van der Waals surface area (Å²) in [5.41, 5.74) is 3.97. The number of benzene rings is 2. The van der Waals surface area contributed by atoms with Crippen LogP contribution in [0.3, 0.4) is 0 Å². The monoisotopic (exact) mass is 445 g/mol. The van der Waals surface area contributed by atoms with Crippen LogP contribution in [0, 0.1) is 11.7 Å². The number of likely N-dealkylation sites (tertiary alicyclic amines) is 2. The molecule has 2 fully saturated rings. The molecule has 0 radical (unpaired) electrons. The van der Waals surface area contributed by atoms with Crippen molar-refractivity contribution in [2.75, 3.05) is 26.2 Å². The Labute approximate surface area is 195 Å². The summed E-state index contributed by atoms with van der Waals surface area (Å²) < 4.78 is 15.5. The number of amides is 1. The summed E-state index contributed by atoms with van der Waals surface area (Å²) in [7, 11) is 0. The van der Waals surface area contributed by atoms with Crippen LogP contribution in [0.2, 0.25) is 0 Å². The molecule has 0 saturated carbocycles. The molecule has 2 aliphatic rings. The number of nitrogens with zero attached hydrogens (tertiary/aromatic N) is 3. The van der Waals surface area contributed by atoms with Gasteiger partial charge in [0.15, 0.2) is 0 Å². The van der Waals surface area contributed by atoms with Crippen molar-refractivity contribution < 1.29 is 9.18 Å². The van der Waals surface area contributed by atoms with Crippen molar-refractivity contribution in [3.8, 4) is 0 Å². The standard InChI is InChI=1S/C28H32FN3O/c1-21(30-15-5-2-6-16-30)23-13-17-31(18-14-23)28(33)27-19-24-7-3-4-8-26(24)32(27)20-22-9-11-25(29)12-10-22/h3-4,7-12,19,23H,1-2,5-6,13-18,20H2. The van der Waals surface area contributed by atoms with Crippen molar-refractivity contribution >= 4 is 16.8 Å². The molecule has 2 aromatic carbocycles. The van der Waals surface area contributed by atoms with Crippen LogP contribution < -0.4 is 0 Å². The minimum atomic E-state index is -0.249. The van der Waals surface area contributed by atoms with Gasteiger partial charge in [-0.15, -0.1) is 0 Å². The molecule has 2 aliphatic heterocycles. The van der Waals surface area contributed by atoms with E-state index in [0.29, 0.717) is 18.2 Å². The minimum Gasteiger partial charge on any atom is -0.375 e. The molecule has 172 valence electrons. The van der Waals surface area contributed by atoms with Crippen LogP contribution >= 0.6 is 0 Å². The van der Waals surface area contributed by atoms with E-state index < -0.39 is 0 Å². The van der Waals surface area contributed by atoms with Gasteiger partial charge in [-0.1, -0.05) is 36.9 Å². The second-order valence-corrected chi connectivity index (χ2v) is 9.41. The fraction of sp³-hybridized carbons (Fsp3) is 0.393. The highest BCUT2D eigenvalue weighted by molar-refractivity contribution is 5.99. The van der Waals surface area contributed by atoms with E-state index >= 15 is 0 Å². The molecule has 3 aromatic rings. The Balaban J connectivity index is 1.33. The number of allylic oxidation sites excluding steroid dienone is 1. The molecule has 0 bridgehead atoms. The SMILES string of the molecule is C=C(C1CCN(C(=O)c2cc3ccccc3n2Cc2ccc(F)cc2)CC1)N1CCCCC1. The largest absolute Gasteiger partial charge is 0.375 e. The molecule has 3 heterocycles. The maximum atomic E-state index is 13.6. The predicted octanol–water partition coefficient (Wildman–Crippen LogP) is 5.68. The summed E-state index contributed by atoms with van der Waals surface area (Å²) >= 11 is 0. The smallest absolute Gasteiger partial charge is 0.270 e. The lowest BCUT2D eigenvalue weighted by Crippen LogP contribution is -2.42. The molecule has 5 rings (SSSR count). The Hall–Kier alpha value is -3.08. The summed E-state index contributed by atoms with van der Waals surface area (Å²) in [6, 6.07) is 16.6. The van der Waals surface area contributed by atoms with Gasteiger partial charge in [0.2, 0.25) is 0 Å². The number of halogens is 1. The van der Waals surface area contributed by atoms with Crippen LogP contribution in [0.15, 0.2) is 66.9 Å². The number of hydrogen-bond acceptors (Lipinski definition) is 2. The van der Waals surface area contributed by atoms with Gasteiger partial charge in [0.05, 0.1) is 0 Å². The molecule has 5 heteroatoms. The Morgan fingerprint density at radius 2 is 1.61 bits per heavy atom. The van der Waals surface area contributed by atoms with Gasteiger partial charge >= 0.3 is 0 Å². The topological polar surface area (TPSA) is 28.5 Å². The number of fused-ring (bicyclic) bond motifs is 1. The Kier molecular flexibility index (Phi) is 6.21. The van der Waals surface area contributed by atoms with E-state index in [2.05, 4.69) is 16.0 Å². The molecule has 33 heavy (non-hydrogen) atoms. The Morgan fingerprint density at radius 1 is 0.909 bits per heavy atom. The zero-order valence-electron chi connectivity index (χ0n) is 19.2. The van der Waals surface area contributed by atoms with Crippen molar-refractivity contribution in [2.24, 2.45) is 5.92 Å². The highest BCUT2D eigenvalue weighted by atomic mass is 19.1. The highest BCUT2D eigenvalue weighted by Crippen LogP contribution is 2.30. The fourth-order valence-corrected chi connectivity index (χ4v) is 5.35. The van der Waals surface area contributed by atoms with E-state index in [1.54, 1.807) is 12.1 Å². The Bertz CT molecular complexity index is 1140. The number of hydrogen-bond donors (Lipinski definition) is 0. The van der Waals surface area contributed by atoms with Crippen LogP contribution in [-0.2, 0) is 6.54 Å². The second-order valence-electron chi connectivity index (χ2n) is 9.41. The third kappa shape index (κ3) is 4.54. The highest BCUT2D eigenvalue weighted by Gasteiger charge is 2.29. The lowest BCUT2D eigenvalue weighted by atomic mass is 9.92. The summed E-state index contributed by atoms with van der Waals surface area (Å²) in [6.07, 6.45) is 5.78. The second kappa shape index (κ2) is 9.42. The van der Waals surface area contributed by atoms with Crippen LogP contribution in [0.25, 0.3) is 10.9 Å². The van der Waals surface area contributed by atoms with Gasteiger partial charge < -0.3 is 14.4 Å². The Morgan fingerprint density at radius 3 is 2.33 bits per heavy atom. The van der Waals surface area contributed by atoms with Crippen LogP contribution in [0.5, 0.6) is 0 Å². The van der Waals surface area contributed by atoms with Gasteiger partial charge in [-0.3, -0.25) is 4.79 Å². The molecule has 1 amide bonds. The third-order valence-corrected chi connectivity index (χ3v) is 7.30. The molecule has 0 N–H and O–H groups in total. The number of carbonyl (C=O) groups is 1. The molecule has 2 saturated heterocycles. The van der Waals surface area contributed by atoms with Crippen molar-refractivity contribution in [3.05, 3.63) is 83.9 Å². The normalized spacial score (nSPS) is 17.5. The first-order chi connectivity index (χ1) is 16.1. The van der Waals surface area contributed by atoms with Gasteiger partial charge in [0.25, 0.3) is 5.91 Å². The molecular weight excluding hydrogens is 413 g/mol. The average Bonchev–Trinajstić information content (AvgIpc) is 3.23. The molecular formula is C28H32FN3O. The average molecular weight is 446 g/mol. The molecule has 1 aromatic heterocycles. The third-order valence-electron chi connectivity index (χ3n) is 7.30. The summed E-state index contributed by atoms with van der Waals surface area (Å²) in [5, 5.41) is 1.05. The van der Waals surface area contributed by atoms with Gasteiger partial charge in [-0.05, 0) is 61.9 Å². The van der Waals surface area contributed by atoms with Gasteiger partial charge in [0, 0.05) is 55.2 Å². The summed E-state index contributed by atoms with van der Waals surface area (Å²) in [4.78, 5) is 18.1. The molecule has 0 unspecified atom stereocenters. The van der Waals surface area contributed by atoms with Crippen LogP contribution in [0.4, 0.5) is 4.39 Å². The van der Waals surface area contributed by atoms with E-state index in [4.69, 9.17) is 0 Å². The lowest BCUT2D eigenvalue weighted by molar-refractivity contribution is 0.0679. The first kappa shape index (κ1) is 21.7. The molecule has 0 spiro atoms. The first-order valence-electron chi connectivity index (χ1n) is 12.2. The minimum absolute atomic E-state index is 0.0790. The van der Waals surface area contributed by atoms with E-state index in [-0.39, 0.29) is 11.7 Å². The van der Waals surface area contributed by atoms with Crippen molar-refractivity contribution in [1.29, 1.82) is 0 Å². The van der Waals surface area contributed by atoms with Gasteiger partial charge in [-0.2, -0.15) is 0 Å². The number of rotatable bonds is 5. The van der Waals surface area contributed by atoms with E-state index in [1.807, 2.05) is 35.2 Å². The number of carbonyl (C=O) groups excluding carboxylic acids is 1. The quantitative estimate of drug-likeness (QED) is 0.505. The number of piperidine rings is 2. The lowest BCUT2D eigenvalue weighted by Gasteiger charge is -2.38.